The Hall–Kier alpha value is -1.71. The highest BCUT2D eigenvalue weighted by Crippen LogP contribution is 2.43. The van der Waals surface area contributed by atoms with Crippen LogP contribution in [0, 0.1) is 11.8 Å². The molecule has 0 unspecified atom stereocenters. The van der Waals surface area contributed by atoms with Gasteiger partial charge in [0.25, 0.3) is 8.32 Å². The van der Waals surface area contributed by atoms with Crippen molar-refractivity contribution in [1.29, 1.82) is 0 Å². The van der Waals surface area contributed by atoms with Crippen LogP contribution in [0.1, 0.15) is 52.4 Å². The molecule has 0 aliphatic heterocycles. The lowest BCUT2D eigenvalue weighted by Gasteiger charge is -2.42. The van der Waals surface area contributed by atoms with E-state index >= 15 is 0 Å². The minimum atomic E-state index is -2.93. The van der Waals surface area contributed by atoms with Gasteiger partial charge in [-0.2, -0.15) is 0 Å². The van der Waals surface area contributed by atoms with Gasteiger partial charge in [-0.05, 0) is 47.0 Å². The normalized spacial score (nSPS) is 21.0. The Morgan fingerprint density at radius 2 is 1.48 bits per heavy atom. The van der Waals surface area contributed by atoms with Crippen LogP contribution < -0.4 is 10.4 Å². The molecule has 0 aromatic heterocycles. The number of carbonyl (C=O) groups is 1. The van der Waals surface area contributed by atoms with Crippen LogP contribution in [0.25, 0.3) is 0 Å². The summed E-state index contributed by atoms with van der Waals surface area (Å²) in [5.74, 6) is 0.679. The molecule has 0 heterocycles. The van der Waals surface area contributed by atoms with Crippen LogP contribution in [0.15, 0.2) is 60.7 Å². The lowest BCUT2D eigenvalue weighted by atomic mass is 9.77. The van der Waals surface area contributed by atoms with Crippen molar-refractivity contribution in [3.05, 3.63) is 60.7 Å². The van der Waals surface area contributed by atoms with Gasteiger partial charge in [0.2, 0.25) is 0 Å². The molecule has 2 nitrogen and oxygen atoms in total. The van der Waals surface area contributed by atoms with Gasteiger partial charge in [-0.25, -0.2) is 0 Å². The van der Waals surface area contributed by atoms with Crippen molar-refractivity contribution in [2.75, 3.05) is 0 Å². The number of aldehydes is 1. The van der Waals surface area contributed by atoms with Gasteiger partial charge in [0.15, 0.2) is 0 Å². The SMILES string of the molecule is CC(C)(CC[C@@H]1CCCC[C@@H]1C=O)[Si](O)(c1ccccc1)c1ccccc1. The minimum Gasteiger partial charge on any atom is -0.424 e. The average molecular weight is 381 g/mol. The van der Waals surface area contributed by atoms with Crippen LogP contribution in [0.2, 0.25) is 5.04 Å². The fourth-order valence-electron chi connectivity index (χ4n) is 4.81. The van der Waals surface area contributed by atoms with Crippen LogP contribution in [-0.2, 0) is 4.79 Å². The number of rotatable bonds is 7. The Morgan fingerprint density at radius 1 is 0.963 bits per heavy atom. The van der Waals surface area contributed by atoms with E-state index in [4.69, 9.17) is 0 Å². The summed E-state index contributed by atoms with van der Waals surface area (Å²) in [5, 5.41) is 1.91. The van der Waals surface area contributed by atoms with Crippen LogP contribution in [-0.4, -0.2) is 19.4 Å². The highest BCUT2D eigenvalue weighted by Gasteiger charge is 2.49. The first-order chi connectivity index (χ1) is 13.0. The van der Waals surface area contributed by atoms with Crippen molar-refractivity contribution in [1.82, 2.24) is 0 Å². The molecular weight excluding hydrogens is 348 g/mol. The zero-order valence-corrected chi connectivity index (χ0v) is 17.6. The van der Waals surface area contributed by atoms with Crippen molar-refractivity contribution in [2.45, 2.75) is 57.4 Å². The van der Waals surface area contributed by atoms with Crippen molar-refractivity contribution >= 4 is 25.0 Å². The predicted molar refractivity (Wildman–Crippen MR) is 115 cm³/mol. The first-order valence-corrected chi connectivity index (χ1v) is 12.2. The van der Waals surface area contributed by atoms with E-state index in [1.807, 2.05) is 36.4 Å². The standard InChI is InChI=1S/C24H32O2Si/c1-24(2,18-17-20-11-9-10-12-21(20)19-25)27(26,22-13-5-3-6-14-22)23-15-7-4-8-16-23/h3-8,13-16,19-21,26H,9-12,17-18H2,1-2H3/t20-,21+/m0/s1. The molecule has 0 spiro atoms. The molecule has 2 aromatic carbocycles. The summed E-state index contributed by atoms with van der Waals surface area (Å²) >= 11 is 0. The maximum Gasteiger partial charge on any atom is 0.258 e. The molecule has 0 amide bonds. The number of benzene rings is 2. The molecular formula is C24H32O2Si. The number of carbonyl (C=O) groups excluding carboxylic acids is 1. The third-order valence-electron chi connectivity index (χ3n) is 6.65. The molecule has 3 heteroatoms. The Balaban J connectivity index is 1.90. The molecule has 1 aliphatic carbocycles. The molecule has 1 saturated carbocycles. The van der Waals surface area contributed by atoms with Crippen LogP contribution in [0.4, 0.5) is 0 Å². The number of hydrogen-bond donors (Lipinski definition) is 1. The number of hydrogen-bond acceptors (Lipinski definition) is 2. The maximum absolute atomic E-state index is 12.2. The van der Waals surface area contributed by atoms with Crippen molar-refractivity contribution in [2.24, 2.45) is 11.8 Å². The van der Waals surface area contributed by atoms with Gasteiger partial charge in [-0.15, -0.1) is 0 Å². The van der Waals surface area contributed by atoms with Gasteiger partial charge in [0.1, 0.15) is 6.29 Å². The summed E-state index contributed by atoms with van der Waals surface area (Å²) in [5.41, 5.74) is 0. The van der Waals surface area contributed by atoms with Crippen molar-refractivity contribution in [3.8, 4) is 0 Å². The second kappa shape index (κ2) is 8.53. The molecule has 1 aliphatic rings. The Labute approximate surface area is 164 Å². The van der Waals surface area contributed by atoms with Crippen LogP contribution in [0.5, 0.6) is 0 Å². The molecule has 144 valence electrons. The minimum absolute atomic E-state index is 0.206. The molecule has 2 aromatic rings. The quantitative estimate of drug-likeness (QED) is 0.574. The lowest BCUT2D eigenvalue weighted by molar-refractivity contribution is -0.113. The monoisotopic (exact) mass is 380 g/mol. The molecule has 27 heavy (non-hydrogen) atoms. The summed E-state index contributed by atoms with van der Waals surface area (Å²) < 4.78 is 0. The largest absolute Gasteiger partial charge is 0.424 e. The molecule has 0 bridgehead atoms. The van der Waals surface area contributed by atoms with E-state index in [9.17, 15) is 9.59 Å². The average Bonchev–Trinajstić information content (AvgIpc) is 2.73. The van der Waals surface area contributed by atoms with E-state index in [1.165, 1.54) is 19.1 Å². The Kier molecular flexibility index (Phi) is 6.33. The van der Waals surface area contributed by atoms with Gasteiger partial charge in [0.05, 0.1) is 0 Å². The van der Waals surface area contributed by atoms with Crippen molar-refractivity contribution < 1.29 is 9.59 Å². The van der Waals surface area contributed by atoms with Crippen molar-refractivity contribution in [3.63, 3.8) is 0 Å². The van der Waals surface area contributed by atoms with E-state index in [-0.39, 0.29) is 11.0 Å². The summed E-state index contributed by atoms with van der Waals surface area (Å²) in [6.45, 7) is 4.44. The topological polar surface area (TPSA) is 37.3 Å². The zero-order chi connectivity index (χ0) is 19.3. The van der Waals surface area contributed by atoms with Crippen LogP contribution >= 0.6 is 0 Å². The molecule has 1 N–H and O–H groups in total. The van der Waals surface area contributed by atoms with E-state index in [2.05, 4.69) is 38.1 Å². The highest BCUT2D eigenvalue weighted by atomic mass is 28.4. The summed E-state index contributed by atoms with van der Waals surface area (Å²) in [7, 11) is -2.93. The molecule has 3 rings (SSSR count). The summed E-state index contributed by atoms with van der Waals surface area (Å²) in [6, 6.07) is 20.4. The summed E-state index contributed by atoms with van der Waals surface area (Å²) in [6.07, 6.45) is 7.73. The fraction of sp³-hybridized carbons (Fsp3) is 0.458. The molecule has 1 fully saturated rings. The van der Waals surface area contributed by atoms with E-state index in [0.717, 1.165) is 36.1 Å². The Morgan fingerprint density at radius 3 is 2.00 bits per heavy atom. The summed E-state index contributed by atoms with van der Waals surface area (Å²) in [4.78, 5) is 23.7. The van der Waals surface area contributed by atoms with Gasteiger partial charge >= 0.3 is 0 Å². The third-order valence-corrected chi connectivity index (χ3v) is 11.2. The highest BCUT2D eigenvalue weighted by molar-refractivity contribution is 6.98. The molecule has 2 atom stereocenters. The zero-order valence-electron chi connectivity index (χ0n) is 16.6. The lowest BCUT2D eigenvalue weighted by Crippen LogP contribution is -2.65. The van der Waals surface area contributed by atoms with Gasteiger partial charge in [0, 0.05) is 5.92 Å². The van der Waals surface area contributed by atoms with Crippen LogP contribution in [0.3, 0.4) is 0 Å². The van der Waals surface area contributed by atoms with Gasteiger partial charge in [-0.3, -0.25) is 0 Å². The molecule has 0 saturated heterocycles. The first-order valence-electron chi connectivity index (χ1n) is 10.3. The smallest absolute Gasteiger partial charge is 0.258 e. The first kappa shape index (κ1) is 20.0. The predicted octanol–water partition coefficient (Wildman–Crippen LogP) is 4.30. The van der Waals surface area contributed by atoms with Gasteiger partial charge in [-0.1, -0.05) is 87.4 Å². The maximum atomic E-state index is 12.2. The molecule has 0 radical (unpaired) electrons. The fourth-order valence-corrected chi connectivity index (χ4v) is 8.56. The Bertz CT molecular complexity index is 687. The third kappa shape index (κ3) is 4.09. The second-order valence-electron chi connectivity index (χ2n) is 8.71. The van der Waals surface area contributed by atoms with E-state index in [1.54, 1.807) is 0 Å². The van der Waals surface area contributed by atoms with E-state index < -0.39 is 8.32 Å². The van der Waals surface area contributed by atoms with Gasteiger partial charge < -0.3 is 9.59 Å². The van der Waals surface area contributed by atoms with E-state index in [0.29, 0.717) is 5.92 Å². The second-order valence-corrected chi connectivity index (χ2v) is 12.6.